The van der Waals surface area contributed by atoms with Crippen LogP contribution in [0, 0.1) is 6.92 Å². The lowest BCUT2D eigenvalue weighted by Crippen LogP contribution is -2.10. The Morgan fingerprint density at radius 2 is 1.94 bits per heavy atom. The van der Waals surface area contributed by atoms with Crippen LogP contribution in [0.25, 0.3) is 0 Å². The molecule has 0 saturated heterocycles. The predicted octanol–water partition coefficient (Wildman–Crippen LogP) is 3.20. The zero-order chi connectivity index (χ0) is 12.3. The van der Waals surface area contributed by atoms with Crippen LogP contribution in [-0.2, 0) is 0 Å². The largest absolute Gasteiger partial charge is 0.387 e. The summed E-state index contributed by atoms with van der Waals surface area (Å²) in [5.41, 5.74) is 4.51. The number of hydrogen-bond acceptors (Lipinski definition) is 3. The molecule has 0 aliphatic heterocycles. The van der Waals surface area contributed by atoms with Gasteiger partial charge in [-0.15, -0.1) is 0 Å². The Kier molecular flexibility index (Phi) is 3.28. The van der Waals surface area contributed by atoms with Crippen molar-refractivity contribution in [3.63, 3.8) is 0 Å². The molecule has 17 heavy (non-hydrogen) atoms. The number of anilines is 3. The normalized spacial score (nSPS) is 10.1. The second kappa shape index (κ2) is 4.87. The first kappa shape index (κ1) is 11.5. The Hall–Kier alpha value is -2.03. The molecular formula is C14H17N3. The topological polar surface area (TPSA) is 28.2 Å². The molecule has 1 N–H and O–H groups in total. The van der Waals surface area contributed by atoms with E-state index in [1.165, 1.54) is 11.3 Å². The molecule has 0 aliphatic rings. The third kappa shape index (κ3) is 2.56. The molecule has 0 radical (unpaired) electrons. The van der Waals surface area contributed by atoms with Gasteiger partial charge in [-0.05, 0) is 30.7 Å². The maximum atomic E-state index is 4.22. The van der Waals surface area contributed by atoms with Crippen LogP contribution in [0.2, 0.25) is 0 Å². The van der Waals surface area contributed by atoms with E-state index in [2.05, 4.69) is 52.5 Å². The van der Waals surface area contributed by atoms with Crippen molar-refractivity contribution in [2.24, 2.45) is 0 Å². The molecule has 1 heterocycles. The number of aryl methyl sites for hydroxylation is 1. The maximum Gasteiger partial charge on any atom is 0.0615 e. The van der Waals surface area contributed by atoms with Gasteiger partial charge in [0.15, 0.2) is 0 Å². The van der Waals surface area contributed by atoms with Gasteiger partial charge < -0.3 is 10.2 Å². The molecule has 88 valence electrons. The molecule has 0 amide bonds. The van der Waals surface area contributed by atoms with Gasteiger partial charge in [0.1, 0.15) is 0 Å². The Labute approximate surface area is 102 Å². The molecule has 1 aromatic carbocycles. The fourth-order valence-electron chi connectivity index (χ4n) is 1.73. The van der Waals surface area contributed by atoms with Crippen molar-refractivity contribution in [1.29, 1.82) is 0 Å². The van der Waals surface area contributed by atoms with Gasteiger partial charge in [-0.2, -0.15) is 0 Å². The predicted molar refractivity (Wildman–Crippen MR) is 73.0 cm³/mol. The second-order valence-corrected chi connectivity index (χ2v) is 4.08. The van der Waals surface area contributed by atoms with E-state index in [-0.39, 0.29) is 0 Å². The van der Waals surface area contributed by atoms with Crippen LogP contribution in [0.4, 0.5) is 17.1 Å². The Morgan fingerprint density at radius 3 is 2.65 bits per heavy atom. The van der Waals surface area contributed by atoms with Crippen molar-refractivity contribution in [1.82, 2.24) is 4.98 Å². The highest BCUT2D eigenvalue weighted by atomic mass is 15.1. The van der Waals surface area contributed by atoms with Gasteiger partial charge in [0.05, 0.1) is 23.8 Å². The quantitative estimate of drug-likeness (QED) is 0.872. The van der Waals surface area contributed by atoms with E-state index in [4.69, 9.17) is 0 Å². The summed E-state index contributed by atoms with van der Waals surface area (Å²) in [4.78, 5) is 6.35. The number of pyridine rings is 1. The molecule has 0 saturated carbocycles. The van der Waals surface area contributed by atoms with Crippen LogP contribution in [0.1, 0.15) is 5.56 Å². The van der Waals surface area contributed by atoms with Crippen molar-refractivity contribution in [3.8, 4) is 0 Å². The van der Waals surface area contributed by atoms with Gasteiger partial charge in [0.2, 0.25) is 0 Å². The molecule has 3 nitrogen and oxygen atoms in total. The van der Waals surface area contributed by atoms with Gasteiger partial charge in [-0.1, -0.05) is 12.1 Å². The standard InChI is InChI=1S/C14H17N3/c1-11-5-4-6-13(7-11)17(3)14-8-12(15-2)9-16-10-14/h4-10,15H,1-3H3. The highest BCUT2D eigenvalue weighted by Gasteiger charge is 2.04. The number of rotatable bonds is 3. The molecule has 0 aliphatic carbocycles. The summed E-state index contributed by atoms with van der Waals surface area (Å²) < 4.78 is 0. The average Bonchev–Trinajstić information content (AvgIpc) is 2.38. The summed E-state index contributed by atoms with van der Waals surface area (Å²) in [6.45, 7) is 2.10. The minimum Gasteiger partial charge on any atom is -0.387 e. The van der Waals surface area contributed by atoms with E-state index < -0.39 is 0 Å². The molecule has 0 unspecified atom stereocenters. The zero-order valence-corrected chi connectivity index (χ0v) is 10.4. The van der Waals surface area contributed by atoms with E-state index in [9.17, 15) is 0 Å². The fourth-order valence-corrected chi connectivity index (χ4v) is 1.73. The Balaban J connectivity index is 2.33. The first-order valence-corrected chi connectivity index (χ1v) is 5.64. The zero-order valence-electron chi connectivity index (χ0n) is 10.4. The fraction of sp³-hybridized carbons (Fsp3) is 0.214. The van der Waals surface area contributed by atoms with Gasteiger partial charge in [-0.3, -0.25) is 4.98 Å². The minimum atomic E-state index is 1.02. The van der Waals surface area contributed by atoms with E-state index >= 15 is 0 Å². The third-order valence-electron chi connectivity index (χ3n) is 2.79. The highest BCUT2D eigenvalue weighted by Crippen LogP contribution is 2.25. The minimum absolute atomic E-state index is 1.02. The summed E-state index contributed by atoms with van der Waals surface area (Å²) in [7, 11) is 3.94. The van der Waals surface area contributed by atoms with Gasteiger partial charge in [-0.25, -0.2) is 0 Å². The first-order valence-electron chi connectivity index (χ1n) is 5.64. The van der Waals surface area contributed by atoms with Gasteiger partial charge >= 0.3 is 0 Å². The molecule has 0 atom stereocenters. The Bertz CT molecular complexity index is 508. The van der Waals surface area contributed by atoms with Crippen molar-refractivity contribution < 1.29 is 0 Å². The van der Waals surface area contributed by atoms with Gasteiger partial charge in [0.25, 0.3) is 0 Å². The van der Waals surface area contributed by atoms with Crippen LogP contribution >= 0.6 is 0 Å². The molecule has 2 aromatic rings. The van der Waals surface area contributed by atoms with Crippen molar-refractivity contribution >= 4 is 17.1 Å². The highest BCUT2D eigenvalue weighted by molar-refractivity contribution is 5.65. The molecular weight excluding hydrogens is 210 g/mol. The van der Waals surface area contributed by atoms with E-state index in [1.54, 1.807) is 0 Å². The summed E-state index contributed by atoms with van der Waals surface area (Å²) in [5, 5.41) is 3.10. The summed E-state index contributed by atoms with van der Waals surface area (Å²) in [6, 6.07) is 10.5. The number of nitrogens with zero attached hydrogens (tertiary/aromatic N) is 2. The molecule has 0 bridgehead atoms. The summed E-state index contributed by atoms with van der Waals surface area (Å²) in [5.74, 6) is 0. The van der Waals surface area contributed by atoms with Crippen LogP contribution in [0.3, 0.4) is 0 Å². The molecule has 2 rings (SSSR count). The van der Waals surface area contributed by atoms with Gasteiger partial charge in [0, 0.05) is 19.8 Å². The van der Waals surface area contributed by atoms with Crippen LogP contribution in [0.5, 0.6) is 0 Å². The third-order valence-corrected chi connectivity index (χ3v) is 2.79. The maximum absolute atomic E-state index is 4.22. The van der Waals surface area contributed by atoms with E-state index in [0.717, 1.165) is 11.4 Å². The van der Waals surface area contributed by atoms with Crippen LogP contribution in [-0.4, -0.2) is 19.1 Å². The monoisotopic (exact) mass is 227 g/mol. The molecule has 3 heteroatoms. The number of hydrogen-bond donors (Lipinski definition) is 1. The lowest BCUT2D eigenvalue weighted by Gasteiger charge is -2.20. The average molecular weight is 227 g/mol. The van der Waals surface area contributed by atoms with Crippen LogP contribution in [0.15, 0.2) is 42.7 Å². The van der Waals surface area contributed by atoms with Crippen LogP contribution < -0.4 is 10.2 Å². The summed E-state index contributed by atoms with van der Waals surface area (Å²) >= 11 is 0. The van der Waals surface area contributed by atoms with E-state index in [0.29, 0.717) is 0 Å². The van der Waals surface area contributed by atoms with Crippen molar-refractivity contribution in [2.75, 3.05) is 24.3 Å². The lowest BCUT2D eigenvalue weighted by atomic mass is 10.2. The molecule has 0 spiro atoms. The molecule has 1 aromatic heterocycles. The number of aromatic nitrogens is 1. The van der Waals surface area contributed by atoms with Crippen molar-refractivity contribution in [3.05, 3.63) is 48.3 Å². The van der Waals surface area contributed by atoms with E-state index in [1.807, 2.05) is 26.5 Å². The van der Waals surface area contributed by atoms with Crippen molar-refractivity contribution in [2.45, 2.75) is 6.92 Å². The summed E-state index contributed by atoms with van der Waals surface area (Å²) in [6.07, 6.45) is 3.68. The number of benzene rings is 1. The Morgan fingerprint density at radius 1 is 1.12 bits per heavy atom. The lowest BCUT2D eigenvalue weighted by molar-refractivity contribution is 1.17. The smallest absolute Gasteiger partial charge is 0.0615 e. The SMILES string of the molecule is CNc1cncc(N(C)c2cccc(C)c2)c1. The second-order valence-electron chi connectivity index (χ2n) is 4.08. The molecule has 0 fully saturated rings. The first-order chi connectivity index (χ1) is 8.20. The number of nitrogens with one attached hydrogen (secondary N) is 1.